The molecule has 0 nitrogen and oxygen atoms in total. The molecule has 0 aliphatic carbocycles. The van der Waals surface area contributed by atoms with Crippen LogP contribution >= 0.6 is 0 Å². The van der Waals surface area contributed by atoms with Crippen molar-refractivity contribution < 1.29 is 0 Å². The van der Waals surface area contributed by atoms with Gasteiger partial charge >= 0.3 is 0 Å². The van der Waals surface area contributed by atoms with Crippen molar-refractivity contribution >= 4 is 11.6 Å². The van der Waals surface area contributed by atoms with E-state index in [2.05, 4.69) is 122 Å². The fourth-order valence-corrected chi connectivity index (χ4v) is 3.40. The fraction of sp³-hybridized carbons (Fsp3) is 0.0370. The van der Waals surface area contributed by atoms with Crippen LogP contribution in [-0.4, -0.2) is 0 Å². The lowest BCUT2D eigenvalue weighted by Gasteiger charge is -2.15. The first kappa shape index (κ1) is 17.1. The minimum absolute atomic E-state index is 1.20. The van der Waals surface area contributed by atoms with Crippen LogP contribution in [0.15, 0.2) is 109 Å². The van der Waals surface area contributed by atoms with Crippen molar-refractivity contribution in [1.29, 1.82) is 0 Å². The summed E-state index contributed by atoms with van der Waals surface area (Å²) in [5.41, 5.74) is 8.69. The van der Waals surface area contributed by atoms with Crippen LogP contribution in [0.4, 0.5) is 0 Å². The van der Waals surface area contributed by atoms with Gasteiger partial charge < -0.3 is 0 Å². The lowest BCUT2D eigenvalue weighted by Crippen LogP contribution is -1.93. The molecule has 0 fully saturated rings. The molecule has 0 aliphatic rings. The SMILES string of the molecule is Cc1ccc(C(=Cc2ccccc2)c2ccccc2)c(-c2ccccc2)c1. The summed E-state index contributed by atoms with van der Waals surface area (Å²) >= 11 is 0. The predicted octanol–water partition coefficient (Wildman–Crippen LogP) is 7.25. The van der Waals surface area contributed by atoms with Gasteiger partial charge in [-0.05, 0) is 46.4 Å². The molecule has 0 radical (unpaired) electrons. The summed E-state index contributed by atoms with van der Waals surface area (Å²) in [5.74, 6) is 0. The van der Waals surface area contributed by atoms with Gasteiger partial charge in [0.05, 0.1) is 0 Å². The second kappa shape index (κ2) is 7.88. The molecule has 4 aromatic rings. The maximum absolute atomic E-state index is 2.28. The van der Waals surface area contributed by atoms with Crippen LogP contribution in [0, 0.1) is 6.92 Å². The Morgan fingerprint density at radius 1 is 0.630 bits per heavy atom. The van der Waals surface area contributed by atoms with E-state index in [4.69, 9.17) is 0 Å². The highest BCUT2D eigenvalue weighted by molar-refractivity contribution is 5.96. The van der Waals surface area contributed by atoms with E-state index in [-0.39, 0.29) is 0 Å². The first-order valence-corrected chi connectivity index (χ1v) is 9.30. The van der Waals surface area contributed by atoms with Crippen LogP contribution in [0.2, 0.25) is 0 Å². The molecule has 0 spiro atoms. The molecule has 0 heteroatoms. The summed E-state index contributed by atoms with van der Waals surface area (Å²) in [6.45, 7) is 2.15. The molecule has 0 saturated carbocycles. The van der Waals surface area contributed by atoms with Crippen LogP contribution in [0.3, 0.4) is 0 Å². The third-order valence-electron chi connectivity index (χ3n) is 4.75. The van der Waals surface area contributed by atoms with E-state index in [1.54, 1.807) is 0 Å². The molecule has 0 amide bonds. The van der Waals surface area contributed by atoms with Gasteiger partial charge in [0.15, 0.2) is 0 Å². The average Bonchev–Trinajstić information content (AvgIpc) is 2.74. The van der Waals surface area contributed by atoms with Gasteiger partial charge in [0.25, 0.3) is 0 Å². The molecule has 0 heterocycles. The molecule has 4 rings (SSSR count). The normalized spacial score (nSPS) is 11.4. The van der Waals surface area contributed by atoms with Crippen LogP contribution in [0.1, 0.15) is 22.3 Å². The Balaban J connectivity index is 1.96. The molecular formula is C27H22. The minimum Gasteiger partial charge on any atom is -0.0622 e. The van der Waals surface area contributed by atoms with Crippen molar-refractivity contribution in [3.05, 3.63) is 131 Å². The first-order valence-electron chi connectivity index (χ1n) is 9.30. The smallest absolute Gasteiger partial charge is 0.00990 e. The maximum Gasteiger partial charge on any atom is -0.00990 e. The molecule has 0 N–H and O–H groups in total. The molecule has 0 aromatic heterocycles. The molecule has 0 aliphatic heterocycles. The third-order valence-corrected chi connectivity index (χ3v) is 4.75. The highest BCUT2D eigenvalue weighted by atomic mass is 14.2. The van der Waals surface area contributed by atoms with Crippen LogP contribution in [0.25, 0.3) is 22.8 Å². The lowest BCUT2D eigenvalue weighted by molar-refractivity contribution is 1.44. The quantitative estimate of drug-likeness (QED) is 0.341. The van der Waals surface area contributed by atoms with E-state index < -0.39 is 0 Å². The Kier molecular flexibility index (Phi) is 4.98. The molecule has 130 valence electrons. The summed E-state index contributed by atoms with van der Waals surface area (Å²) in [5, 5.41) is 0. The number of benzene rings is 4. The van der Waals surface area contributed by atoms with Crippen molar-refractivity contribution in [2.45, 2.75) is 6.92 Å². The van der Waals surface area contributed by atoms with Crippen molar-refractivity contribution in [2.24, 2.45) is 0 Å². The second-order valence-electron chi connectivity index (χ2n) is 6.75. The summed E-state index contributed by atoms with van der Waals surface area (Å²) in [7, 11) is 0. The Hall–Kier alpha value is -3.38. The Morgan fingerprint density at radius 2 is 1.22 bits per heavy atom. The molecule has 0 unspecified atom stereocenters. The average molecular weight is 346 g/mol. The van der Waals surface area contributed by atoms with Gasteiger partial charge in [-0.3, -0.25) is 0 Å². The number of aryl methyl sites for hydroxylation is 1. The largest absolute Gasteiger partial charge is 0.0622 e. The Labute approximate surface area is 161 Å². The predicted molar refractivity (Wildman–Crippen MR) is 116 cm³/mol. The van der Waals surface area contributed by atoms with E-state index in [1.165, 1.54) is 39.0 Å². The molecule has 4 aromatic carbocycles. The van der Waals surface area contributed by atoms with Gasteiger partial charge in [0, 0.05) is 0 Å². The van der Waals surface area contributed by atoms with Crippen molar-refractivity contribution in [1.82, 2.24) is 0 Å². The Bertz CT molecular complexity index is 1040. The second-order valence-corrected chi connectivity index (χ2v) is 6.75. The van der Waals surface area contributed by atoms with E-state index in [0.29, 0.717) is 0 Å². The third kappa shape index (κ3) is 3.91. The molecule has 27 heavy (non-hydrogen) atoms. The van der Waals surface area contributed by atoms with Crippen LogP contribution < -0.4 is 0 Å². The number of rotatable bonds is 4. The minimum atomic E-state index is 1.20. The highest BCUT2D eigenvalue weighted by Crippen LogP contribution is 2.34. The maximum atomic E-state index is 2.28. The lowest BCUT2D eigenvalue weighted by atomic mass is 9.88. The van der Waals surface area contributed by atoms with Gasteiger partial charge in [-0.1, -0.05) is 115 Å². The molecule has 0 saturated heterocycles. The standard InChI is InChI=1S/C27H22/c1-21-17-18-25(26(19-21)23-13-7-3-8-14-23)27(24-15-9-4-10-16-24)20-22-11-5-2-6-12-22/h2-20H,1H3. The van der Waals surface area contributed by atoms with Gasteiger partial charge in [-0.25, -0.2) is 0 Å². The zero-order chi connectivity index (χ0) is 18.5. The van der Waals surface area contributed by atoms with Gasteiger partial charge in [0.2, 0.25) is 0 Å². The highest BCUT2D eigenvalue weighted by Gasteiger charge is 2.12. The van der Waals surface area contributed by atoms with Crippen LogP contribution in [0.5, 0.6) is 0 Å². The molecule has 0 atom stereocenters. The van der Waals surface area contributed by atoms with Crippen molar-refractivity contribution in [3.63, 3.8) is 0 Å². The van der Waals surface area contributed by atoms with E-state index in [1.807, 2.05) is 0 Å². The monoisotopic (exact) mass is 346 g/mol. The molecular weight excluding hydrogens is 324 g/mol. The van der Waals surface area contributed by atoms with E-state index in [9.17, 15) is 0 Å². The van der Waals surface area contributed by atoms with E-state index in [0.717, 1.165) is 0 Å². The topological polar surface area (TPSA) is 0 Å². The van der Waals surface area contributed by atoms with Gasteiger partial charge in [-0.2, -0.15) is 0 Å². The zero-order valence-corrected chi connectivity index (χ0v) is 15.5. The van der Waals surface area contributed by atoms with Crippen molar-refractivity contribution in [3.8, 4) is 11.1 Å². The molecule has 0 bridgehead atoms. The zero-order valence-electron chi connectivity index (χ0n) is 15.5. The summed E-state index contributed by atoms with van der Waals surface area (Å²) in [6, 6.07) is 38.5. The Morgan fingerprint density at radius 3 is 1.89 bits per heavy atom. The van der Waals surface area contributed by atoms with E-state index >= 15 is 0 Å². The van der Waals surface area contributed by atoms with Gasteiger partial charge in [0.1, 0.15) is 0 Å². The van der Waals surface area contributed by atoms with Gasteiger partial charge in [-0.15, -0.1) is 0 Å². The van der Waals surface area contributed by atoms with Crippen LogP contribution in [-0.2, 0) is 0 Å². The number of hydrogen-bond acceptors (Lipinski definition) is 0. The fourth-order valence-electron chi connectivity index (χ4n) is 3.40. The first-order chi connectivity index (χ1) is 13.3. The summed E-state index contributed by atoms with van der Waals surface area (Å²) in [4.78, 5) is 0. The number of hydrogen-bond donors (Lipinski definition) is 0. The summed E-state index contributed by atoms with van der Waals surface area (Å²) < 4.78 is 0. The summed E-state index contributed by atoms with van der Waals surface area (Å²) in [6.07, 6.45) is 2.28. The van der Waals surface area contributed by atoms with Crippen molar-refractivity contribution in [2.75, 3.05) is 0 Å².